The summed E-state index contributed by atoms with van der Waals surface area (Å²) >= 11 is 1.54. The van der Waals surface area contributed by atoms with Gasteiger partial charge in [0, 0.05) is 43.9 Å². The van der Waals surface area contributed by atoms with Crippen molar-refractivity contribution >= 4 is 23.4 Å². The van der Waals surface area contributed by atoms with Gasteiger partial charge in [-0.2, -0.15) is 0 Å². The molecule has 0 saturated carbocycles. The number of benzene rings is 4. The van der Waals surface area contributed by atoms with Gasteiger partial charge >= 0.3 is 0 Å². The average molecular weight is 594 g/mol. The number of halogens is 1. The molecule has 2 heterocycles. The summed E-state index contributed by atoms with van der Waals surface area (Å²) in [5.41, 5.74) is 4.17. The number of nitrogens with zero attached hydrogens (tertiary/aromatic N) is 5. The van der Waals surface area contributed by atoms with Crippen molar-refractivity contribution in [2.24, 2.45) is 0 Å². The molecule has 0 atom stereocenters. The van der Waals surface area contributed by atoms with Gasteiger partial charge in [0.15, 0.2) is 5.16 Å². The quantitative estimate of drug-likeness (QED) is 0.188. The third-order valence-corrected chi connectivity index (χ3v) is 8.57. The van der Waals surface area contributed by atoms with Crippen LogP contribution < -0.4 is 9.64 Å². The molecule has 5 aromatic rings. The Morgan fingerprint density at radius 1 is 0.814 bits per heavy atom. The minimum absolute atomic E-state index is 0.0136. The van der Waals surface area contributed by atoms with Gasteiger partial charge in [-0.3, -0.25) is 9.36 Å². The fraction of sp³-hybridized carbons (Fsp3) is 0.206. The van der Waals surface area contributed by atoms with E-state index in [1.807, 2.05) is 87.2 Å². The summed E-state index contributed by atoms with van der Waals surface area (Å²) in [5, 5.41) is 9.87. The lowest BCUT2D eigenvalue weighted by atomic mass is 10.1. The number of piperazine rings is 1. The number of amides is 1. The summed E-state index contributed by atoms with van der Waals surface area (Å²) in [4.78, 5) is 17.6. The molecule has 43 heavy (non-hydrogen) atoms. The zero-order valence-electron chi connectivity index (χ0n) is 23.9. The first-order valence-electron chi connectivity index (χ1n) is 14.2. The molecular weight excluding hydrogens is 561 g/mol. The Labute approximate surface area is 254 Å². The van der Waals surface area contributed by atoms with Crippen molar-refractivity contribution in [1.82, 2.24) is 19.7 Å². The van der Waals surface area contributed by atoms with Crippen LogP contribution in [-0.4, -0.2) is 58.9 Å². The first-order valence-corrected chi connectivity index (χ1v) is 15.2. The van der Waals surface area contributed by atoms with Crippen molar-refractivity contribution < 1.29 is 13.9 Å². The molecule has 0 N–H and O–H groups in total. The minimum atomic E-state index is -0.238. The zero-order valence-corrected chi connectivity index (χ0v) is 24.7. The maximum absolute atomic E-state index is 14.3. The molecule has 6 rings (SSSR count). The lowest BCUT2D eigenvalue weighted by Crippen LogP contribution is -2.49. The SMILES string of the molecule is COc1ccccc1-n1c(Cc2ccccc2)nnc1SCc1ccccc1C(=O)N1CCN(c2ccccc2F)CC1. The fourth-order valence-electron chi connectivity index (χ4n) is 5.37. The molecule has 0 aliphatic carbocycles. The summed E-state index contributed by atoms with van der Waals surface area (Å²) in [6.07, 6.45) is 0.611. The maximum atomic E-state index is 14.3. The van der Waals surface area contributed by atoms with E-state index in [1.165, 1.54) is 17.8 Å². The van der Waals surface area contributed by atoms with Gasteiger partial charge in [0.1, 0.15) is 17.4 Å². The number of thioether (sulfide) groups is 1. The maximum Gasteiger partial charge on any atom is 0.254 e. The highest BCUT2D eigenvalue weighted by atomic mass is 32.2. The summed E-state index contributed by atoms with van der Waals surface area (Å²) in [6, 6.07) is 32.5. The molecule has 0 unspecified atom stereocenters. The second-order valence-electron chi connectivity index (χ2n) is 10.2. The standard InChI is InChI=1S/C34H32FN5O2S/c1-42-31-18-10-9-17-30(31)40-32(23-25-11-3-2-4-12-25)36-37-34(40)43-24-26-13-5-6-14-27(26)33(41)39-21-19-38(20-22-39)29-16-8-7-15-28(29)35/h2-18H,19-24H2,1H3. The number of anilines is 1. The summed E-state index contributed by atoms with van der Waals surface area (Å²) < 4.78 is 22.1. The third kappa shape index (κ3) is 6.27. The normalized spacial score (nSPS) is 13.3. The lowest BCUT2D eigenvalue weighted by molar-refractivity contribution is 0.0746. The molecule has 4 aromatic carbocycles. The van der Waals surface area contributed by atoms with Gasteiger partial charge in [-0.05, 0) is 41.5 Å². The molecule has 1 fully saturated rings. The van der Waals surface area contributed by atoms with Crippen LogP contribution in [0.3, 0.4) is 0 Å². The van der Waals surface area contributed by atoms with Gasteiger partial charge in [-0.25, -0.2) is 4.39 Å². The minimum Gasteiger partial charge on any atom is -0.495 e. The number of carbonyl (C=O) groups excluding carboxylic acids is 1. The molecule has 1 aromatic heterocycles. The van der Waals surface area contributed by atoms with Crippen LogP contribution in [0, 0.1) is 5.82 Å². The van der Waals surface area contributed by atoms with Crippen LogP contribution in [0.2, 0.25) is 0 Å². The third-order valence-electron chi connectivity index (χ3n) is 7.60. The largest absolute Gasteiger partial charge is 0.495 e. The first-order chi connectivity index (χ1) is 21.1. The van der Waals surface area contributed by atoms with Crippen molar-refractivity contribution in [1.29, 1.82) is 0 Å². The van der Waals surface area contributed by atoms with E-state index in [-0.39, 0.29) is 11.7 Å². The summed E-state index contributed by atoms with van der Waals surface area (Å²) in [6.45, 7) is 2.21. The molecule has 7 nitrogen and oxygen atoms in total. The van der Waals surface area contributed by atoms with Gasteiger partial charge in [-0.15, -0.1) is 10.2 Å². The van der Waals surface area contributed by atoms with Gasteiger partial charge in [0.25, 0.3) is 5.91 Å². The van der Waals surface area contributed by atoms with E-state index in [4.69, 9.17) is 4.74 Å². The second kappa shape index (κ2) is 13.1. The van der Waals surface area contributed by atoms with Crippen LogP contribution in [0.5, 0.6) is 5.75 Å². The molecule has 218 valence electrons. The van der Waals surface area contributed by atoms with Crippen molar-refractivity contribution in [2.75, 3.05) is 38.2 Å². The molecule has 0 radical (unpaired) electrons. The first kappa shape index (κ1) is 28.5. The molecule has 1 saturated heterocycles. The average Bonchev–Trinajstić information content (AvgIpc) is 3.46. The number of para-hydroxylation sites is 3. The van der Waals surface area contributed by atoms with Crippen molar-refractivity contribution in [2.45, 2.75) is 17.3 Å². The molecule has 1 aliphatic heterocycles. The summed E-state index contributed by atoms with van der Waals surface area (Å²) in [5.74, 6) is 1.81. The number of carbonyl (C=O) groups is 1. The van der Waals surface area contributed by atoms with E-state index in [9.17, 15) is 9.18 Å². The van der Waals surface area contributed by atoms with E-state index < -0.39 is 0 Å². The number of rotatable bonds is 9. The van der Waals surface area contributed by atoms with Crippen LogP contribution in [0.15, 0.2) is 108 Å². The molecule has 0 bridgehead atoms. The van der Waals surface area contributed by atoms with Crippen molar-refractivity contribution in [3.63, 3.8) is 0 Å². The Balaban J connectivity index is 1.21. The molecule has 0 spiro atoms. The smallest absolute Gasteiger partial charge is 0.254 e. The van der Waals surface area contributed by atoms with Crippen LogP contribution >= 0.6 is 11.8 Å². The summed E-state index contributed by atoms with van der Waals surface area (Å²) in [7, 11) is 1.66. The number of ether oxygens (including phenoxy) is 1. The van der Waals surface area contributed by atoms with Crippen molar-refractivity contribution in [3.05, 3.63) is 131 Å². The Bertz CT molecular complexity index is 1700. The zero-order chi connectivity index (χ0) is 29.6. The number of hydrogen-bond acceptors (Lipinski definition) is 6. The molecule has 1 amide bonds. The van der Waals surface area contributed by atoms with E-state index in [0.717, 1.165) is 33.5 Å². The number of aromatic nitrogens is 3. The van der Waals surface area contributed by atoms with Gasteiger partial charge < -0.3 is 14.5 Å². The van der Waals surface area contributed by atoms with E-state index in [2.05, 4.69) is 22.3 Å². The Kier molecular flexibility index (Phi) is 8.70. The predicted octanol–water partition coefficient (Wildman–Crippen LogP) is 6.26. The Hall–Kier alpha value is -4.63. The predicted molar refractivity (Wildman–Crippen MR) is 168 cm³/mol. The highest BCUT2D eigenvalue weighted by Gasteiger charge is 2.25. The number of methoxy groups -OCH3 is 1. The van der Waals surface area contributed by atoms with E-state index in [0.29, 0.717) is 49.6 Å². The second-order valence-corrected chi connectivity index (χ2v) is 11.2. The van der Waals surface area contributed by atoms with Crippen LogP contribution in [-0.2, 0) is 12.2 Å². The molecule has 1 aliphatic rings. The fourth-order valence-corrected chi connectivity index (χ4v) is 6.34. The van der Waals surface area contributed by atoms with Gasteiger partial charge in [0.2, 0.25) is 0 Å². The van der Waals surface area contributed by atoms with Gasteiger partial charge in [-0.1, -0.05) is 84.6 Å². The monoisotopic (exact) mass is 593 g/mol. The Morgan fingerprint density at radius 2 is 1.49 bits per heavy atom. The highest BCUT2D eigenvalue weighted by molar-refractivity contribution is 7.98. The van der Waals surface area contributed by atoms with Crippen LogP contribution in [0.1, 0.15) is 27.3 Å². The van der Waals surface area contributed by atoms with E-state index in [1.54, 1.807) is 19.2 Å². The Morgan fingerprint density at radius 3 is 2.26 bits per heavy atom. The van der Waals surface area contributed by atoms with Gasteiger partial charge in [0.05, 0.1) is 18.5 Å². The van der Waals surface area contributed by atoms with Crippen LogP contribution in [0.4, 0.5) is 10.1 Å². The highest BCUT2D eigenvalue weighted by Crippen LogP contribution is 2.32. The van der Waals surface area contributed by atoms with E-state index >= 15 is 0 Å². The molecular formula is C34H32FN5O2S. The lowest BCUT2D eigenvalue weighted by Gasteiger charge is -2.36. The van der Waals surface area contributed by atoms with Crippen LogP contribution in [0.25, 0.3) is 5.69 Å². The molecule has 9 heteroatoms. The number of hydrogen-bond donors (Lipinski definition) is 0. The van der Waals surface area contributed by atoms with Crippen molar-refractivity contribution in [3.8, 4) is 11.4 Å². The topological polar surface area (TPSA) is 63.5 Å².